The summed E-state index contributed by atoms with van der Waals surface area (Å²) in [5.74, 6) is 1.41. The summed E-state index contributed by atoms with van der Waals surface area (Å²) in [6.45, 7) is 3.39. The van der Waals surface area contributed by atoms with Crippen molar-refractivity contribution in [3.8, 4) is 5.75 Å². The maximum Gasteiger partial charge on any atom is 0.167 e. The van der Waals surface area contributed by atoms with Crippen LogP contribution in [0.2, 0.25) is 0 Å². The van der Waals surface area contributed by atoms with E-state index in [0.717, 1.165) is 67.9 Å². The van der Waals surface area contributed by atoms with Crippen LogP contribution in [-0.4, -0.2) is 41.8 Å². The first-order valence-corrected chi connectivity index (χ1v) is 11.1. The number of likely N-dealkylation sites (tertiary alicyclic amines) is 1. The van der Waals surface area contributed by atoms with Crippen molar-refractivity contribution in [2.75, 3.05) is 26.7 Å². The number of aromatic nitrogens is 2. The smallest absolute Gasteiger partial charge is 0.167 e. The van der Waals surface area contributed by atoms with Crippen molar-refractivity contribution in [3.05, 3.63) is 53.2 Å². The highest BCUT2D eigenvalue weighted by Gasteiger charge is 2.24. The molecule has 6 heteroatoms. The van der Waals surface area contributed by atoms with Gasteiger partial charge in [0.25, 0.3) is 0 Å². The maximum atomic E-state index is 5.51. The van der Waals surface area contributed by atoms with Gasteiger partial charge in [-0.3, -0.25) is 0 Å². The van der Waals surface area contributed by atoms with Gasteiger partial charge in [-0.05, 0) is 69.2 Å². The van der Waals surface area contributed by atoms with E-state index >= 15 is 0 Å². The van der Waals surface area contributed by atoms with Gasteiger partial charge in [-0.2, -0.15) is 0 Å². The Balaban J connectivity index is 1.13. The van der Waals surface area contributed by atoms with E-state index in [4.69, 9.17) is 14.2 Å². The van der Waals surface area contributed by atoms with Gasteiger partial charge in [-0.25, -0.2) is 4.98 Å². The highest BCUT2D eigenvalue weighted by atomic mass is 32.1. The molecular weight excluding hydrogens is 382 g/mol. The van der Waals surface area contributed by atoms with Crippen molar-refractivity contribution in [3.63, 3.8) is 0 Å². The molecule has 5 rings (SSSR count). The molecule has 0 radical (unpaired) electrons. The zero-order valence-electron chi connectivity index (χ0n) is 16.6. The number of benzene rings is 2. The Hall–Kier alpha value is -2.44. The van der Waals surface area contributed by atoms with E-state index in [2.05, 4.69) is 28.3 Å². The Bertz CT molecular complexity index is 1110. The molecule has 0 spiro atoms. The molecule has 1 aliphatic rings. The van der Waals surface area contributed by atoms with Crippen LogP contribution < -0.4 is 4.74 Å². The number of methoxy groups -OCH3 is 1. The summed E-state index contributed by atoms with van der Waals surface area (Å²) in [5, 5.41) is 6.77. The maximum absolute atomic E-state index is 5.51. The summed E-state index contributed by atoms with van der Waals surface area (Å²) in [4.78, 5) is 7.35. The summed E-state index contributed by atoms with van der Waals surface area (Å²) in [6.07, 6.45) is 4.49. The van der Waals surface area contributed by atoms with E-state index in [1.807, 2.05) is 24.3 Å². The van der Waals surface area contributed by atoms with Crippen molar-refractivity contribution in [2.24, 2.45) is 0 Å². The number of piperidine rings is 1. The Labute approximate surface area is 174 Å². The lowest BCUT2D eigenvalue weighted by atomic mass is 9.91. The molecule has 0 unspecified atom stereocenters. The van der Waals surface area contributed by atoms with Crippen molar-refractivity contribution in [2.45, 2.75) is 31.6 Å². The van der Waals surface area contributed by atoms with Gasteiger partial charge in [0.2, 0.25) is 0 Å². The van der Waals surface area contributed by atoms with E-state index in [0.29, 0.717) is 5.92 Å². The first-order valence-electron chi connectivity index (χ1n) is 10.3. The molecule has 29 heavy (non-hydrogen) atoms. The molecule has 0 amide bonds. The van der Waals surface area contributed by atoms with Crippen LogP contribution >= 0.6 is 11.3 Å². The molecule has 1 saturated heterocycles. The van der Waals surface area contributed by atoms with Crippen LogP contribution in [0.4, 0.5) is 0 Å². The first-order chi connectivity index (χ1) is 14.3. The van der Waals surface area contributed by atoms with Gasteiger partial charge in [-0.15, -0.1) is 11.3 Å². The third kappa shape index (κ3) is 3.87. The quantitative estimate of drug-likeness (QED) is 0.436. The molecule has 2 aromatic carbocycles. The molecular formula is C23H25N3O2S. The van der Waals surface area contributed by atoms with Gasteiger partial charge in [-0.1, -0.05) is 17.3 Å². The lowest BCUT2D eigenvalue weighted by molar-refractivity contribution is 0.207. The zero-order valence-corrected chi connectivity index (χ0v) is 17.5. The lowest BCUT2D eigenvalue weighted by Crippen LogP contribution is -2.34. The highest BCUT2D eigenvalue weighted by Crippen LogP contribution is 2.32. The third-order valence-corrected chi connectivity index (χ3v) is 6.96. The minimum absolute atomic E-state index is 0.508. The predicted molar refractivity (Wildman–Crippen MR) is 117 cm³/mol. The van der Waals surface area contributed by atoms with Crippen LogP contribution in [0.5, 0.6) is 5.75 Å². The Morgan fingerprint density at radius 1 is 1.17 bits per heavy atom. The average molecular weight is 408 g/mol. The SMILES string of the molecule is COc1ccc2nc(CCCN3CCC(c4noc5ccccc45)CC3)sc2c1. The fraction of sp³-hybridized carbons (Fsp3) is 0.391. The minimum Gasteiger partial charge on any atom is -0.497 e. The van der Waals surface area contributed by atoms with Gasteiger partial charge in [0.15, 0.2) is 5.58 Å². The number of hydrogen-bond acceptors (Lipinski definition) is 6. The molecule has 5 nitrogen and oxygen atoms in total. The highest BCUT2D eigenvalue weighted by molar-refractivity contribution is 7.18. The molecule has 0 atom stereocenters. The number of ether oxygens (including phenoxy) is 1. The molecule has 0 N–H and O–H groups in total. The Morgan fingerprint density at radius 3 is 2.90 bits per heavy atom. The van der Waals surface area contributed by atoms with Gasteiger partial charge in [0, 0.05) is 17.7 Å². The van der Waals surface area contributed by atoms with Crippen molar-refractivity contribution < 1.29 is 9.26 Å². The second-order valence-corrected chi connectivity index (χ2v) is 8.84. The van der Waals surface area contributed by atoms with Crippen molar-refractivity contribution >= 4 is 32.5 Å². The topological polar surface area (TPSA) is 51.4 Å². The van der Waals surface area contributed by atoms with Crippen LogP contribution in [-0.2, 0) is 6.42 Å². The third-order valence-electron chi connectivity index (χ3n) is 5.88. The number of nitrogens with zero attached hydrogens (tertiary/aromatic N) is 3. The van der Waals surface area contributed by atoms with E-state index < -0.39 is 0 Å². The summed E-state index contributed by atoms with van der Waals surface area (Å²) in [6, 6.07) is 14.3. The molecule has 0 bridgehead atoms. The standard InChI is InChI=1S/C23H25N3O2S/c1-27-17-8-9-19-21(15-17)29-22(24-19)7-4-12-26-13-10-16(11-14-26)23-18-5-2-3-6-20(18)28-25-23/h2-3,5-6,8-9,15-16H,4,7,10-14H2,1H3. The van der Waals surface area contributed by atoms with Crippen molar-refractivity contribution in [1.82, 2.24) is 15.0 Å². The molecule has 1 aliphatic heterocycles. The normalized spacial score (nSPS) is 16.0. The number of fused-ring (bicyclic) bond motifs is 2. The van der Waals surface area contributed by atoms with E-state index in [1.165, 1.54) is 15.1 Å². The van der Waals surface area contributed by atoms with Crippen LogP contribution in [0.15, 0.2) is 47.0 Å². The predicted octanol–water partition coefficient (Wildman–Crippen LogP) is 5.26. The molecule has 0 aliphatic carbocycles. The summed E-state index contributed by atoms with van der Waals surface area (Å²) in [7, 11) is 1.71. The van der Waals surface area contributed by atoms with Crippen LogP contribution in [0.3, 0.4) is 0 Å². The Kier molecular flexibility index (Phi) is 5.21. The van der Waals surface area contributed by atoms with Crippen LogP contribution in [0, 0.1) is 0 Å². The van der Waals surface area contributed by atoms with E-state index in [1.54, 1.807) is 18.4 Å². The Morgan fingerprint density at radius 2 is 2.03 bits per heavy atom. The minimum atomic E-state index is 0.508. The summed E-state index contributed by atoms with van der Waals surface area (Å²) in [5.41, 5.74) is 3.12. The molecule has 150 valence electrons. The fourth-order valence-corrected chi connectivity index (χ4v) is 5.31. The monoisotopic (exact) mass is 407 g/mol. The number of rotatable bonds is 6. The van der Waals surface area contributed by atoms with Gasteiger partial charge in [0.05, 0.1) is 28.0 Å². The van der Waals surface area contributed by atoms with Crippen LogP contribution in [0.1, 0.15) is 35.9 Å². The molecule has 3 heterocycles. The van der Waals surface area contributed by atoms with Crippen LogP contribution in [0.25, 0.3) is 21.2 Å². The number of hydrogen-bond donors (Lipinski definition) is 0. The lowest BCUT2D eigenvalue weighted by Gasteiger charge is -2.31. The molecule has 0 saturated carbocycles. The average Bonchev–Trinajstić information content (AvgIpc) is 3.37. The molecule has 4 aromatic rings. The van der Waals surface area contributed by atoms with Crippen molar-refractivity contribution in [1.29, 1.82) is 0 Å². The molecule has 1 fully saturated rings. The van der Waals surface area contributed by atoms with E-state index in [-0.39, 0.29) is 0 Å². The largest absolute Gasteiger partial charge is 0.497 e. The summed E-state index contributed by atoms with van der Waals surface area (Å²) >= 11 is 1.78. The fourth-order valence-electron chi connectivity index (χ4n) is 4.27. The zero-order chi connectivity index (χ0) is 19.6. The van der Waals surface area contributed by atoms with Gasteiger partial charge < -0.3 is 14.2 Å². The van der Waals surface area contributed by atoms with Gasteiger partial charge >= 0.3 is 0 Å². The molecule has 2 aromatic heterocycles. The number of thiazole rings is 1. The van der Waals surface area contributed by atoms with E-state index in [9.17, 15) is 0 Å². The van der Waals surface area contributed by atoms with Gasteiger partial charge in [0.1, 0.15) is 5.75 Å². The first kappa shape index (κ1) is 18.6. The second-order valence-electron chi connectivity index (χ2n) is 7.72. The second kappa shape index (κ2) is 8.13. The number of para-hydroxylation sites is 1. The number of aryl methyl sites for hydroxylation is 1. The summed E-state index contributed by atoms with van der Waals surface area (Å²) < 4.78 is 12.0.